The Morgan fingerprint density at radius 1 is 0.460 bits per heavy atom. The zero-order chi connectivity index (χ0) is 36.4. The number of ether oxygens (including phenoxy) is 3. The summed E-state index contributed by atoms with van der Waals surface area (Å²) in [4.78, 5) is 25.1. The fraction of sp³-hybridized carbons (Fsp3) is 0.778. The quantitative estimate of drug-likeness (QED) is 0.0364. The van der Waals surface area contributed by atoms with Crippen molar-refractivity contribution < 1.29 is 23.8 Å². The van der Waals surface area contributed by atoms with Gasteiger partial charge in [-0.2, -0.15) is 0 Å². The highest BCUT2D eigenvalue weighted by Crippen LogP contribution is 2.14. The highest BCUT2D eigenvalue weighted by molar-refractivity contribution is 5.70. The third-order valence-electron chi connectivity index (χ3n) is 8.89. The zero-order valence-electron chi connectivity index (χ0n) is 33.2. The predicted molar refractivity (Wildman–Crippen MR) is 215 cm³/mol. The van der Waals surface area contributed by atoms with Crippen molar-refractivity contribution in [1.82, 2.24) is 0 Å². The van der Waals surface area contributed by atoms with Crippen molar-refractivity contribution in [3.8, 4) is 0 Å². The van der Waals surface area contributed by atoms with E-state index < -0.39 is 6.10 Å². The lowest BCUT2D eigenvalue weighted by atomic mass is 10.1. The average molecular weight is 701 g/mol. The molecule has 0 saturated carbocycles. The second kappa shape index (κ2) is 41.3. The first-order chi connectivity index (χ1) is 24.6. The van der Waals surface area contributed by atoms with Crippen LogP contribution in [0.25, 0.3) is 0 Å². The van der Waals surface area contributed by atoms with Gasteiger partial charge in [-0.3, -0.25) is 9.59 Å². The number of rotatable bonds is 38. The van der Waals surface area contributed by atoms with E-state index >= 15 is 0 Å². The highest BCUT2D eigenvalue weighted by Gasteiger charge is 2.17. The second-order valence-electron chi connectivity index (χ2n) is 13.9. The summed E-state index contributed by atoms with van der Waals surface area (Å²) in [7, 11) is 0. The minimum Gasteiger partial charge on any atom is -0.462 e. The first kappa shape index (κ1) is 47.9. The summed E-state index contributed by atoms with van der Waals surface area (Å²) >= 11 is 0. The van der Waals surface area contributed by atoms with Crippen LogP contribution < -0.4 is 0 Å². The summed E-state index contributed by atoms with van der Waals surface area (Å²) in [5.74, 6) is -0.488. The van der Waals surface area contributed by atoms with E-state index in [1.165, 1.54) is 109 Å². The van der Waals surface area contributed by atoms with Gasteiger partial charge in [0.15, 0.2) is 6.10 Å². The van der Waals surface area contributed by atoms with E-state index in [2.05, 4.69) is 63.3 Å². The standard InChI is InChI=1S/C45H80O5/c1-4-7-10-13-16-19-22-23-25-26-29-32-35-38-44(46)49-42-43(41-48-40-37-34-31-28-21-18-15-12-9-6-3)50-45(47)39-36-33-30-27-24-20-17-14-11-8-5-2/h7,10,16,19,23,25,29,32,43H,4-6,8-9,11-15,17-18,20-22,24,26-28,30-31,33-42H2,1-3H3/b10-7-,19-16-,25-23-,32-29-. The van der Waals surface area contributed by atoms with E-state index in [-0.39, 0.29) is 25.2 Å². The molecule has 0 spiro atoms. The van der Waals surface area contributed by atoms with Gasteiger partial charge in [0, 0.05) is 19.4 Å². The Balaban J connectivity index is 4.34. The van der Waals surface area contributed by atoms with E-state index in [1.54, 1.807) is 0 Å². The third kappa shape index (κ3) is 38.7. The van der Waals surface area contributed by atoms with Crippen molar-refractivity contribution in [3.63, 3.8) is 0 Å². The first-order valence-electron chi connectivity index (χ1n) is 21.2. The summed E-state index contributed by atoms with van der Waals surface area (Å²) in [6.45, 7) is 7.62. The molecular weight excluding hydrogens is 620 g/mol. The van der Waals surface area contributed by atoms with Crippen LogP contribution in [0.2, 0.25) is 0 Å². The molecule has 0 fully saturated rings. The van der Waals surface area contributed by atoms with E-state index in [0.29, 0.717) is 25.9 Å². The van der Waals surface area contributed by atoms with Crippen LogP contribution in [0, 0.1) is 0 Å². The SMILES string of the molecule is CC/C=C\C/C=C\C/C=C\C/C=C\CCC(=O)OCC(COCCCCCCCCCCCC)OC(=O)CCCCCCCCCCCCC. The molecule has 50 heavy (non-hydrogen) atoms. The number of carbonyl (C=O) groups is 2. The molecule has 0 aliphatic rings. The van der Waals surface area contributed by atoms with E-state index in [4.69, 9.17) is 14.2 Å². The minimum absolute atomic E-state index is 0.0507. The van der Waals surface area contributed by atoms with Gasteiger partial charge in [0.25, 0.3) is 0 Å². The monoisotopic (exact) mass is 701 g/mol. The molecule has 0 saturated heterocycles. The summed E-state index contributed by atoms with van der Waals surface area (Å²) in [6, 6.07) is 0. The molecule has 0 N–H and O–H groups in total. The molecule has 290 valence electrons. The van der Waals surface area contributed by atoms with Gasteiger partial charge in [0.05, 0.1) is 6.61 Å². The lowest BCUT2D eigenvalue weighted by Gasteiger charge is -2.18. The van der Waals surface area contributed by atoms with Crippen LogP contribution in [-0.2, 0) is 23.8 Å². The minimum atomic E-state index is -0.556. The van der Waals surface area contributed by atoms with Gasteiger partial charge in [0.2, 0.25) is 0 Å². The molecule has 5 heteroatoms. The Hall–Kier alpha value is -2.14. The molecule has 0 bridgehead atoms. The molecule has 0 aromatic carbocycles. The Labute approximate surface area is 310 Å². The smallest absolute Gasteiger partial charge is 0.306 e. The van der Waals surface area contributed by atoms with Gasteiger partial charge >= 0.3 is 11.9 Å². The summed E-state index contributed by atoms with van der Waals surface area (Å²) in [6.07, 6.45) is 48.3. The lowest BCUT2D eigenvalue weighted by Crippen LogP contribution is -2.30. The van der Waals surface area contributed by atoms with Gasteiger partial charge in [0.1, 0.15) is 6.61 Å². The van der Waals surface area contributed by atoms with E-state index in [9.17, 15) is 9.59 Å². The molecule has 0 rings (SSSR count). The topological polar surface area (TPSA) is 61.8 Å². The lowest BCUT2D eigenvalue weighted by molar-refractivity contribution is -0.162. The van der Waals surface area contributed by atoms with Crippen LogP contribution in [-0.4, -0.2) is 37.9 Å². The number of hydrogen-bond acceptors (Lipinski definition) is 5. The molecule has 0 aromatic rings. The maximum absolute atomic E-state index is 12.6. The van der Waals surface area contributed by atoms with Crippen LogP contribution >= 0.6 is 0 Å². The molecule has 0 aromatic heterocycles. The summed E-state index contributed by atoms with van der Waals surface area (Å²) in [5.41, 5.74) is 0. The van der Waals surface area contributed by atoms with Crippen molar-refractivity contribution in [3.05, 3.63) is 48.6 Å². The Morgan fingerprint density at radius 3 is 1.40 bits per heavy atom. The first-order valence-corrected chi connectivity index (χ1v) is 21.2. The summed E-state index contributed by atoms with van der Waals surface area (Å²) in [5, 5.41) is 0. The van der Waals surface area contributed by atoms with Crippen LogP contribution in [0.15, 0.2) is 48.6 Å². The van der Waals surface area contributed by atoms with Crippen LogP contribution in [0.5, 0.6) is 0 Å². The second-order valence-corrected chi connectivity index (χ2v) is 13.9. The number of unbranched alkanes of at least 4 members (excludes halogenated alkanes) is 19. The molecule has 0 heterocycles. The third-order valence-corrected chi connectivity index (χ3v) is 8.89. The molecular formula is C45H80O5. The Morgan fingerprint density at radius 2 is 0.900 bits per heavy atom. The van der Waals surface area contributed by atoms with E-state index in [0.717, 1.165) is 51.4 Å². The Kier molecular flexibility index (Phi) is 39.5. The average Bonchev–Trinajstić information content (AvgIpc) is 3.11. The number of esters is 2. The molecule has 1 atom stereocenters. The van der Waals surface area contributed by atoms with Crippen molar-refractivity contribution in [2.45, 2.75) is 207 Å². The Bertz CT molecular complexity index is 842. The van der Waals surface area contributed by atoms with Gasteiger partial charge in [-0.25, -0.2) is 0 Å². The molecule has 1 unspecified atom stereocenters. The van der Waals surface area contributed by atoms with Crippen molar-refractivity contribution in [1.29, 1.82) is 0 Å². The van der Waals surface area contributed by atoms with Crippen molar-refractivity contribution >= 4 is 11.9 Å². The molecule has 5 nitrogen and oxygen atoms in total. The number of carbonyl (C=O) groups excluding carboxylic acids is 2. The maximum atomic E-state index is 12.6. The fourth-order valence-electron chi connectivity index (χ4n) is 5.76. The summed E-state index contributed by atoms with van der Waals surface area (Å²) < 4.78 is 17.2. The van der Waals surface area contributed by atoms with Gasteiger partial charge in [-0.15, -0.1) is 0 Å². The van der Waals surface area contributed by atoms with Crippen molar-refractivity contribution in [2.24, 2.45) is 0 Å². The van der Waals surface area contributed by atoms with Crippen molar-refractivity contribution in [2.75, 3.05) is 19.8 Å². The molecule has 0 aliphatic carbocycles. The predicted octanol–water partition coefficient (Wildman–Crippen LogP) is 13.7. The van der Waals surface area contributed by atoms with Crippen LogP contribution in [0.4, 0.5) is 0 Å². The fourth-order valence-corrected chi connectivity index (χ4v) is 5.76. The number of allylic oxidation sites excluding steroid dienone is 8. The number of hydrogen-bond donors (Lipinski definition) is 0. The maximum Gasteiger partial charge on any atom is 0.306 e. The van der Waals surface area contributed by atoms with Crippen LogP contribution in [0.3, 0.4) is 0 Å². The largest absolute Gasteiger partial charge is 0.462 e. The zero-order valence-corrected chi connectivity index (χ0v) is 33.2. The van der Waals surface area contributed by atoms with Crippen LogP contribution in [0.1, 0.15) is 201 Å². The van der Waals surface area contributed by atoms with Gasteiger partial charge < -0.3 is 14.2 Å². The van der Waals surface area contributed by atoms with Gasteiger partial charge in [-0.05, 0) is 44.9 Å². The van der Waals surface area contributed by atoms with Gasteiger partial charge in [-0.1, -0.05) is 191 Å². The molecule has 0 amide bonds. The molecule has 0 aliphatic heterocycles. The highest BCUT2D eigenvalue weighted by atomic mass is 16.6. The molecule has 0 radical (unpaired) electrons. The normalized spacial score (nSPS) is 12.6. The van der Waals surface area contributed by atoms with E-state index in [1.807, 2.05) is 6.08 Å².